The molecule has 0 saturated heterocycles. The smallest absolute Gasteiger partial charge is 0.303 e. The Kier molecular flexibility index (Phi) is 6.10. The van der Waals surface area contributed by atoms with E-state index in [0.29, 0.717) is 17.8 Å². The Morgan fingerprint density at radius 1 is 1.05 bits per heavy atom. The molecule has 1 unspecified atom stereocenters. The summed E-state index contributed by atoms with van der Waals surface area (Å²) in [5.74, 6) is -1.29. The van der Waals surface area contributed by atoms with Crippen molar-refractivity contribution < 1.29 is 19.5 Å². The van der Waals surface area contributed by atoms with E-state index in [-0.39, 0.29) is 24.7 Å². The maximum atomic E-state index is 12.1. The lowest BCUT2D eigenvalue weighted by atomic mass is 9.80. The maximum Gasteiger partial charge on any atom is 0.303 e. The molecule has 1 aromatic rings. The zero-order chi connectivity index (χ0) is 16.8. The van der Waals surface area contributed by atoms with Crippen LogP contribution in [0.4, 0.5) is 11.4 Å². The molecule has 120 valence electrons. The van der Waals surface area contributed by atoms with E-state index in [1.165, 1.54) is 6.92 Å². The van der Waals surface area contributed by atoms with Crippen molar-refractivity contribution in [3.63, 3.8) is 0 Å². The third kappa shape index (κ3) is 5.95. The Labute approximate surface area is 129 Å². The van der Waals surface area contributed by atoms with Crippen LogP contribution in [-0.4, -0.2) is 22.9 Å². The van der Waals surface area contributed by atoms with E-state index in [1.807, 2.05) is 6.92 Å². The molecule has 6 heteroatoms. The number of carboxylic acids is 1. The van der Waals surface area contributed by atoms with E-state index in [4.69, 9.17) is 5.11 Å². The second kappa shape index (κ2) is 7.59. The van der Waals surface area contributed by atoms with Crippen molar-refractivity contribution in [1.82, 2.24) is 0 Å². The molecular formula is C16H22N2O4. The Hall–Kier alpha value is -2.37. The van der Waals surface area contributed by atoms with Crippen LogP contribution in [0.5, 0.6) is 0 Å². The average Bonchev–Trinajstić information content (AvgIpc) is 2.39. The van der Waals surface area contributed by atoms with Crippen LogP contribution >= 0.6 is 0 Å². The lowest BCUT2D eigenvalue weighted by Crippen LogP contribution is -2.27. The minimum absolute atomic E-state index is 0.0433. The molecule has 1 aromatic carbocycles. The molecule has 0 radical (unpaired) electrons. The molecular weight excluding hydrogens is 284 g/mol. The first-order valence-electron chi connectivity index (χ1n) is 7.13. The second-order valence-electron chi connectivity index (χ2n) is 5.72. The van der Waals surface area contributed by atoms with Gasteiger partial charge in [0.1, 0.15) is 0 Å². The second-order valence-corrected chi connectivity index (χ2v) is 5.72. The normalized spacial score (nSPS) is 13.0. The van der Waals surface area contributed by atoms with Crippen molar-refractivity contribution in [2.24, 2.45) is 5.41 Å². The van der Waals surface area contributed by atoms with Gasteiger partial charge < -0.3 is 15.7 Å². The summed E-state index contributed by atoms with van der Waals surface area (Å²) < 4.78 is 0. The van der Waals surface area contributed by atoms with Gasteiger partial charge in [0.25, 0.3) is 0 Å². The summed E-state index contributed by atoms with van der Waals surface area (Å²) >= 11 is 0. The Morgan fingerprint density at radius 2 is 1.55 bits per heavy atom. The molecule has 0 heterocycles. The van der Waals surface area contributed by atoms with Gasteiger partial charge in [-0.3, -0.25) is 14.4 Å². The number of hydrogen-bond donors (Lipinski definition) is 3. The highest BCUT2D eigenvalue weighted by molar-refractivity contribution is 5.92. The summed E-state index contributed by atoms with van der Waals surface area (Å²) in [7, 11) is 0. The fourth-order valence-corrected chi connectivity index (χ4v) is 2.11. The van der Waals surface area contributed by atoms with Crippen molar-refractivity contribution in [3.8, 4) is 0 Å². The Morgan fingerprint density at radius 3 is 1.95 bits per heavy atom. The van der Waals surface area contributed by atoms with Crippen molar-refractivity contribution in [2.45, 2.75) is 40.0 Å². The van der Waals surface area contributed by atoms with E-state index in [0.717, 1.165) is 0 Å². The topological polar surface area (TPSA) is 95.5 Å². The maximum absolute atomic E-state index is 12.1. The minimum atomic E-state index is -0.906. The number of amides is 2. The predicted molar refractivity (Wildman–Crippen MR) is 84.6 cm³/mol. The number of nitrogens with one attached hydrogen (secondary N) is 2. The highest BCUT2D eigenvalue weighted by Crippen LogP contribution is 2.30. The molecule has 1 rings (SSSR count). The SMILES string of the molecule is CCC(C)(CC(=O)O)CC(=O)Nc1ccc(NC(C)=O)cc1. The summed E-state index contributed by atoms with van der Waals surface area (Å²) in [6.07, 6.45) is 0.704. The number of rotatable bonds is 7. The largest absolute Gasteiger partial charge is 0.481 e. The molecule has 0 bridgehead atoms. The van der Waals surface area contributed by atoms with Crippen LogP contribution in [0.3, 0.4) is 0 Å². The molecule has 6 nitrogen and oxygen atoms in total. The monoisotopic (exact) mass is 306 g/mol. The first-order valence-corrected chi connectivity index (χ1v) is 7.13. The molecule has 1 atom stereocenters. The quantitative estimate of drug-likeness (QED) is 0.721. The highest BCUT2D eigenvalue weighted by Gasteiger charge is 2.28. The number of hydrogen-bond acceptors (Lipinski definition) is 3. The van der Waals surface area contributed by atoms with E-state index in [2.05, 4.69) is 10.6 Å². The van der Waals surface area contributed by atoms with Crippen molar-refractivity contribution in [1.29, 1.82) is 0 Å². The average molecular weight is 306 g/mol. The van der Waals surface area contributed by atoms with Gasteiger partial charge in [-0.1, -0.05) is 13.8 Å². The summed E-state index contributed by atoms with van der Waals surface area (Å²) in [5.41, 5.74) is 0.689. The lowest BCUT2D eigenvalue weighted by molar-refractivity contribution is -0.140. The summed E-state index contributed by atoms with van der Waals surface area (Å²) in [4.78, 5) is 33.9. The number of carbonyl (C=O) groups excluding carboxylic acids is 2. The van der Waals surface area contributed by atoms with Gasteiger partial charge in [0.15, 0.2) is 0 Å². The van der Waals surface area contributed by atoms with Gasteiger partial charge >= 0.3 is 5.97 Å². The molecule has 0 aliphatic carbocycles. The molecule has 2 amide bonds. The molecule has 22 heavy (non-hydrogen) atoms. The van der Waals surface area contributed by atoms with Crippen LogP contribution in [0.15, 0.2) is 24.3 Å². The van der Waals surface area contributed by atoms with Crippen LogP contribution in [-0.2, 0) is 14.4 Å². The van der Waals surface area contributed by atoms with Gasteiger partial charge in [-0.15, -0.1) is 0 Å². The Bertz CT molecular complexity index is 554. The summed E-state index contributed by atoms with van der Waals surface area (Å²) in [6, 6.07) is 6.74. The van der Waals surface area contributed by atoms with Crippen molar-refractivity contribution >= 4 is 29.2 Å². The van der Waals surface area contributed by atoms with Gasteiger partial charge in [0.2, 0.25) is 11.8 Å². The van der Waals surface area contributed by atoms with Crippen molar-refractivity contribution in [3.05, 3.63) is 24.3 Å². The van der Waals surface area contributed by atoms with Crippen LogP contribution < -0.4 is 10.6 Å². The number of carboxylic acid groups (broad SMARTS) is 1. The third-order valence-electron chi connectivity index (χ3n) is 3.51. The zero-order valence-corrected chi connectivity index (χ0v) is 13.1. The summed E-state index contributed by atoms with van der Waals surface area (Å²) in [5, 5.41) is 14.3. The van der Waals surface area contributed by atoms with Gasteiger partial charge in [0.05, 0.1) is 6.42 Å². The van der Waals surface area contributed by atoms with E-state index in [1.54, 1.807) is 31.2 Å². The number of carbonyl (C=O) groups is 3. The van der Waals surface area contributed by atoms with Gasteiger partial charge in [0, 0.05) is 24.7 Å². The Balaban J connectivity index is 2.64. The minimum Gasteiger partial charge on any atom is -0.481 e. The van der Waals surface area contributed by atoms with Gasteiger partial charge in [-0.05, 0) is 36.1 Å². The molecule has 3 N–H and O–H groups in total. The van der Waals surface area contributed by atoms with Gasteiger partial charge in [-0.25, -0.2) is 0 Å². The first-order chi connectivity index (χ1) is 10.2. The molecule has 0 saturated carbocycles. The first kappa shape index (κ1) is 17.7. The van der Waals surface area contributed by atoms with Crippen LogP contribution in [0, 0.1) is 5.41 Å². The third-order valence-corrected chi connectivity index (χ3v) is 3.51. The van der Waals surface area contributed by atoms with Crippen LogP contribution in [0.2, 0.25) is 0 Å². The summed E-state index contributed by atoms with van der Waals surface area (Å²) in [6.45, 7) is 5.09. The van der Waals surface area contributed by atoms with Crippen molar-refractivity contribution in [2.75, 3.05) is 10.6 Å². The predicted octanol–water partition coefficient (Wildman–Crippen LogP) is 2.86. The molecule has 0 aromatic heterocycles. The number of benzene rings is 1. The van der Waals surface area contributed by atoms with E-state index >= 15 is 0 Å². The zero-order valence-electron chi connectivity index (χ0n) is 13.1. The van der Waals surface area contributed by atoms with Crippen LogP contribution in [0.1, 0.15) is 40.0 Å². The number of anilines is 2. The molecule has 0 aliphatic heterocycles. The fraction of sp³-hybridized carbons (Fsp3) is 0.438. The standard InChI is InChI=1S/C16H22N2O4/c1-4-16(3,10-15(21)22)9-14(20)18-13-7-5-12(6-8-13)17-11(2)19/h5-8H,4,9-10H2,1-3H3,(H,17,19)(H,18,20)(H,21,22). The van der Waals surface area contributed by atoms with Crippen LogP contribution in [0.25, 0.3) is 0 Å². The number of aliphatic carboxylic acids is 1. The van der Waals surface area contributed by atoms with Gasteiger partial charge in [-0.2, -0.15) is 0 Å². The van der Waals surface area contributed by atoms with E-state index in [9.17, 15) is 14.4 Å². The molecule has 0 spiro atoms. The van der Waals surface area contributed by atoms with E-state index < -0.39 is 11.4 Å². The molecule has 0 aliphatic rings. The molecule has 0 fully saturated rings. The lowest BCUT2D eigenvalue weighted by Gasteiger charge is -2.25. The highest BCUT2D eigenvalue weighted by atomic mass is 16.4. The fourth-order valence-electron chi connectivity index (χ4n) is 2.11.